The summed E-state index contributed by atoms with van der Waals surface area (Å²) >= 11 is 0. The molecule has 3 heterocycles. The third-order valence-corrected chi connectivity index (χ3v) is 8.44. The SMILES string of the molecule is Cc1c(O)n(-c2ccc(S(=O)(=O)C(F)(F)F)cc2)c(=O)n1Cc1ccnc2c(N3CCCCC3)cccc12. The Balaban J connectivity index is 1.53. The molecule has 8 nitrogen and oxygen atoms in total. The number of para-hydroxylation sites is 1. The molecule has 0 spiro atoms. The zero-order valence-electron chi connectivity index (χ0n) is 20.4. The molecule has 38 heavy (non-hydrogen) atoms. The third-order valence-electron chi connectivity index (χ3n) is 6.94. The molecule has 0 saturated carbocycles. The van der Waals surface area contributed by atoms with Gasteiger partial charge in [0.25, 0.3) is 9.84 Å². The number of anilines is 1. The van der Waals surface area contributed by atoms with Crippen molar-refractivity contribution in [3.8, 4) is 11.6 Å². The van der Waals surface area contributed by atoms with E-state index < -0.39 is 31.8 Å². The van der Waals surface area contributed by atoms with Crippen LogP contribution in [0.1, 0.15) is 30.5 Å². The summed E-state index contributed by atoms with van der Waals surface area (Å²) in [5, 5.41) is 11.6. The maximum Gasteiger partial charge on any atom is 0.501 e. The fourth-order valence-corrected chi connectivity index (χ4v) is 5.64. The van der Waals surface area contributed by atoms with Gasteiger partial charge in [-0.3, -0.25) is 9.55 Å². The summed E-state index contributed by atoms with van der Waals surface area (Å²) in [4.78, 5) is 19.3. The van der Waals surface area contributed by atoms with E-state index in [1.807, 2.05) is 18.2 Å². The second kappa shape index (κ2) is 9.50. The Bertz CT molecular complexity index is 1670. The first-order valence-corrected chi connectivity index (χ1v) is 13.5. The summed E-state index contributed by atoms with van der Waals surface area (Å²) in [5.74, 6) is -0.395. The standard InChI is InChI=1S/C26H25F3N4O4S/c1-17-24(34)33(19-8-10-20(11-9-19)38(36,37)26(27,28)29)25(35)32(17)16-18-12-13-30-23-21(18)6-5-7-22(23)31-14-3-2-4-15-31/h5-13,34H,2-4,14-16H2,1H3. The van der Waals surface area contributed by atoms with Gasteiger partial charge >= 0.3 is 11.2 Å². The molecule has 2 aromatic carbocycles. The average Bonchev–Trinajstić information content (AvgIpc) is 3.11. The Kier molecular flexibility index (Phi) is 6.46. The van der Waals surface area contributed by atoms with Crippen LogP contribution in [0.25, 0.3) is 16.6 Å². The lowest BCUT2D eigenvalue weighted by atomic mass is 10.1. The molecule has 1 N–H and O–H groups in total. The Hall–Kier alpha value is -3.80. The number of fused-ring (bicyclic) bond motifs is 1. The second-order valence-corrected chi connectivity index (χ2v) is 11.2. The Labute approximate surface area is 216 Å². The van der Waals surface area contributed by atoms with Crippen LogP contribution in [0.5, 0.6) is 5.88 Å². The van der Waals surface area contributed by atoms with Crippen molar-refractivity contribution in [1.29, 1.82) is 0 Å². The predicted octanol–water partition coefficient (Wildman–Crippen LogP) is 4.53. The fourth-order valence-electron chi connectivity index (χ4n) is 4.88. The molecule has 4 aromatic rings. The number of nitrogens with zero attached hydrogens (tertiary/aromatic N) is 4. The molecule has 0 bridgehead atoms. The quantitative estimate of drug-likeness (QED) is 0.395. The van der Waals surface area contributed by atoms with Crippen LogP contribution >= 0.6 is 0 Å². The van der Waals surface area contributed by atoms with Gasteiger partial charge in [0.2, 0.25) is 5.88 Å². The Morgan fingerprint density at radius 3 is 2.34 bits per heavy atom. The minimum absolute atomic E-state index is 0.0300. The number of imidazole rings is 1. The smallest absolute Gasteiger partial charge is 0.493 e. The normalized spacial score (nSPS) is 14.8. The van der Waals surface area contributed by atoms with E-state index in [4.69, 9.17) is 0 Å². The first-order valence-electron chi connectivity index (χ1n) is 12.0. The van der Waals surface area contributed by atoms with Crippen LogP contribution in [0, 0.1) is 6.92 Å². The lowest BCUT2D eigenvalue weighted by Crippen LogP contribution is -2.29. The highest BCUT2D eigenvalue weighted by Crippen LogP contribution is 2.32. The molecule has 1 aliphatic heterocycles. The summed E-state index contributed by atoms with van der Waals surface area (Å²) in [7, 11) is -5.54. The summed E-state index contributed by atoms with van der Waals surface area (Å²) in [6.45, 7) is 3.57. The number of benzene rings is 2. The number of alkyl halides is 3. The van der Waals surface area contributed by atoms with E-state index in [0.717, 1.165) is 76.9 Å². The summed E-state index contributed by atoms with van der Waals surface area (Å²) in [5.41, 5.74) is -3.13. The molecule has 1 fully saturated rings. The number of piperidine rings is 1. The van der Waals surface area contributed by atoms with Crippen molar-refractivity contribution < 1.29 is 26.7 Å². The molecule has 2 aromatic heterocycles. The molecule has 0 aliphatic carbocycles. The van der Waals surface area contributed by atoms with Crippen LogP contribution in [-0.2, 0) is 16.4 Å². The van der Waals surface area contributed by atoms with Gasteiger partial charge in [-0.25, -0.2) is 17.8 Å². The van der Waals surface area contributed by atoms with Gasteiger partial charge in [-0.15, -0.1) is 0 Å². The monoisotopic (exact) mass is 546 g/mol. The van der Waals surface area contributed by atoms with E-state index in [-0.39, 0.29) is 17.9 Å². The number of aromatic nitrogens is 3. The van der Waals surface area contributed by atoms with Crippen LogP contribution < -0.4 is 10.6 Å². The molecular weight excluding hydrogens is 521 g/mol. The highest BCUT2D eigenvalue weighted by molar-refractivity contribution is 7.92. The fraction of sp³-hybridized carbons (Fsp3) is 0.308. The maximum absolute atomic E-state index is 13.4. The molecular formula is C26H25F3N4O4S. The third kappa shape index (κ3) is 4.32. The predicted molar refractivity (Wildman–Crippen MR) is 137 cm³/mol. The number of halogens is 3. The van der Waals surface area contributed by atoms with Gasteiger partial charge in [0, 0.05) is 24.7 Å². The molecule has 12 heteroatoms. The van der Waals surface area contributed by atoms with Crippen molar-refractivity contribution in [2.45, 2.75) is 43.1 Å². The van der Waals surface area contributed by atoms with E-state index >= 15 is 0 Å². The minimum atomic E-state index is -5.54. The highest BCUT2D eigenvalue weighted by Gasteiger charge is 2.46. The van der Waals surface area contributed by atoms with Crippen molar-refractivity contribution in [3.05, 3.63) is 76.5 Å². The number of rotatable bonds is 5. The van der Waals surface area contributed by atoms with Gasteiger partial charge in [0.15, 0.2) is 0 Å². The van der Waals surface area contributed by atoms with Crippen LogP contribution in [0.3, 0.4) is 0 Å². The van der Waals surface area contributed by atoms with E-state index in [2.05, 4.69) is 9.88 Å². The molecule has 1 saturated heterocycles. The molecule has 0 atom stereocenters. The van der Waals surface area contributed by atoms with Crippen molar-refractivity contribution in [2.24, 2.45) is 0 Å². The summed E-state index contributed by atoms with van der Waals surface area (Å²) in [6, 6.07) is 11.3. The molecule has 0 radical (unpaired) electrons. The van der Waals surface area contributed by atoms with Crippen LogP contribution in [0.2, 0.25) is 0 Å². The van der Waals surface area contributed by atoms with Crippen molar-refractivity contribution in [1.82, 2.24) is 14.1 Å². The van der Waals surface area contributed by atoms with Crippen molar-refractivity contribution in [3.63, 3.8) is 0 Å². The topological polar surface area (TPSA) is 97.4 Å². The molecule has 1 aliphatic rings. The number of aromatic hydroxyl groups is 1. The summed E-state index contributed by atoms with van der Waals surface area (Å²) < 4.78 is 64.3. The van der Waals surface area contributed by atoms with Crippen LogP contribution in [-0.4, -0.2) is 46.2 Å². The van der Waals surface area contributed by atoms with E-state index in [0.29, 0.717) is 0 Å². The van der Waals surface area contributed by atoms with Gasteiger partial charge in [0.05, 0.1) is 34.0 Å². The number of hydrogen-bond acceptors (Lipinski definition) is 6. The average molecular weight is 547 g/mol. The van der Waals surface area contributed by atoms with Gasteiger partial charge in [0.1, 0.15) is 0 Å². The van der Waals surface area contributed by atoms with Crippen LogP contribution in [0.15, 0.2) is 64.4 Å². The van der Waals surface area contributed by atoms with Gasteiger partial charge in [-0.1, -0.05) is 12.1 Å². The first kappa shape index (κ1) is 25.8. The lowest BCUT2D eigenvalue weighted by molar-refractivity contribution is -0.0436. The highest BCUT2D eigenvalue weighted by atomic mass is 32.2. The van der Waals surface area contributed by atoms with E-state index in [9.17, 15) is 31.5 Å². The first-order chi connectivity index (χ1) is 18.0. The largest absolute Gasteiger partial charge is 0.501 e. The van der Waals surface area contributed by atoms with Crippen LogP contribution in [0.4, 0.5) is 18.9 Å². The number of pyridine rings is 1. The van der Waals surface area contributed by atoms with Gasteiger partial charge in [-0.2, -0.15) is 13.2 Å². The van der Waals surface area contributed by atoms with E-state index in [1.54, 1.807) is 19.2 Å². The molecule has 5 rings (SSSR count). The lowest BCUT2D eigenvalue weighted by Gasteiger charge is -2.29. The van der Waals surface area contributed by atoms with Gasteiger partial charge in [-0.05, 0) is 68.1 Å². The zero-order chi connectivity index (χ0) is 27.2. The number of hydrogen-bond donors (Lipinski definition) is 1. The maximum atomic E-state index is 13.4. The van der Waals surface area contributed by atoms with Gasteiger partial charge < -0.3 is 10.0 Å². The minimum Gasteiger partial charge on any atom is -0.493 e. The van der Waals surface area contributed by atoms with E-state index in [1.165, 1.54) is 11.0 Å². The summed E-state index contributed by atoms with van der Waals surface area (Å²) in [6.07, 6.45) is 5.10. The molecule has 200 valence electrons. The number of sulfone groups is 1. The molecule has 0 unspecified atom stereocenters. The molecule has 0 amide bonds. The van der Waals surface area contributed by atoms with Crippen molar-refractivity contribution in [2.75, 3.05) is 18.0 Å². The zero-order valence-corrected chi connectivity index (χ0v) is 21.3. The van der Waals surface area contributed by atoms with Crippen molar-refractivity contribution >= 4 is 26.4 Å². The Morgan fingerprint density at radius 2 is 1.68 bits per heavy atom. The second-order valence-electron chi connectivity index (χ2n) is 9.25. The Morgan fingerprint density at radius 1 is 1.00 bits per heavy atom.